The van der Waals surface area contributed by atoms with Crippen molar-refractivity contribution in [3.63, 3.8) is 0 Å². The Kier molecular flexibility index (Phi) is 3.83. The first-order valence-electron chi connectivity index (χ1n) is 5.02. The molecule has 2 N–H and O–H groups in total. The Morgan fingerprint density at radius 1 is 1.75 bits per heavy atom. The van der Waals surface area contributed by atoms with Crippen molar-refractivity contribution < 1.29 is 4.74 Å². The smallest absolute Gasteiger partial charge is 0.192 e. The molecule has 1 aromatic heterocycles. The van der Waals surface area contributed by atoms with E-state index in [1.54, 1.807) is 18.4 Å². The zero-order valence-electron chi connectivity index (χ0n) is 9.02. The molecule has 1 atom stereocenters. The Balaban J connectivity index is 2.13. The van der Waals surface area contributed by atoms with Gasteiger partial charge in [-0.2, -0.15) is 0 Å². The first kappa shape index (κ1) is 11.9. The fraction of sp³-hybridized carbons (Fsp3) is 0.500. The highest BCUT2D eigenvalue weighted by Crippen LogP contribution is 2.34. The molecule has 1 unspecified atom stereocenters. The van der Waals surface area contributed by atoms with Gasteiger partial charge in [-0.15, -0.1) is 11.3 Å². The quantitative estimate of drug-likeness (QED) is 0.923. The van der Waals surface area contributed by atoms with Gasteiger partial charge >= 0.3 is 0 Å². The van der Waals surface area contributed by atoms with Crippen LogP contribution in [-0.4, -0.2) is 37.7 Å². The monoisotopic (exact) mass is 303 g/mol. The summed E-state index contributed by atoms with van der Waals surface area (Å²) in [6, 6.07) is 2.31. The van der Waals surface area contributed by atoms with Crippen molar-refractivity contribution in [1.29, 1.82) is 0 Å². The van der Waals surface area contributed by atoms with E-state index < -0.39 is 0 Å². The fourth-order valence-corrected chi connectivity index (χ4v) is 3.50. The van der Waals surface area contributed by atoms with Crippen LogP contribution in [0.1, 0.15) is 10.9 Å². The molecule has 0 amide bonds. The average Bonchev–Trinajstić information content (AvgIpc) is 2.82. The number of nitrogens with zero attached hydrogens (tertiary/aromatic N) is 2. The lowest BCUT2D eigenvalue weighted by atomic mass is 10.2. The molecule has 0 fully saturated rings. The van der Waals surface area contributed by atoms with Crippen LogP contribution in [-0.2, 0) is 4.74 Å². The van der Waals surface area contributed by atoms with E-state index in [4.69, 9.17) is 10.5 Å². The topological polar surface area (TPSA) is 50.9 Å². The number of rotatable bonds is 4. The summed E-state index contributed by atoms with van der Waals surface area (Å²) >= 11 is 5.28. The van der Waals surface area contributed by atoms with Crippen molar-refractivity contribution in [2.75, 3.05) is 26.8 Å². The first-order chi connectivity index (χ1) is 7.74. The van der Waals surface area contributed by atoms with Gasteiger partial charge in [0.2, 0.25) is 0 Å². The zero-order chi connectivity index (χ0) is 11.5. The molecule has 0 radical (unpaired) electrons. The highest BCUT2D eigenvalue weighted by Gasteiger charge is 2.29. The third-order valence-corrected chi connectivity index (χ3v) is 4.55. The maximum absolute atomic E-state index is 5.88. The van der Waals surface area contributed by atoms with E-state index >= 15 is 0 Å². The van der Waals surface area contributed by atoms with Crippen LogP contribution in [0.3, 0.4) is 0 Å². The van der Waals surface area contributed by atoms with E-state index in [1.807, 2.05) is 0 Å². The summed E-state index contributed by atoms with van der Waals surface area (Å²) < 4.78 is 6.22. The Labute approximate surface area is 107 Å². The molecule has 0 saturated heterocycles. The number of methoxy groups -OCH3 is 1. The van der Waals surface area contributed by atoms with Crippen LogP contribution >= 0.6 is 27.3 Å². The number of guanidine groups is 1. The normalized spacial score (nSPS) is 20.2. The van der Waals surface area contributed by atoms with E-state index in [9.17, 15) is 0 Å². The predicted octanol–water partition coefficient (Wildman–Crippen LogP) is 1.83. The van der Waals surface area contributed by atoms with Crippen LogP contribution in [0, 0.1) is 0 Å². The van der Waals surface area contributed by atoms with Gasteiger partial charge in [0, 0.05) is 23.0 Å². The Bertz CT molecular complexity index is 393. The van der Waals surface area contributed by atoms with E-state index in [0.717, 1.165) is 17.6 Å². The highest BCUT2D eigenvalue weighted by atomic mass is 79.9. The molecule has 0 aliphatic carbocycles. The molecular weight excluding hydrogens is 290 g/mol. The number of aliphatic imine (C=N–C) groups is 1. The van der Waals surface area contributed by atoms with Gasteiger partial charge in [0.15, 0.2) is 5.96 Å². The molecular formula is C10H14BrN3OS. The van der Waals surface area contributed by atoms with Crippen LogP contribution in [0.5, 0.6) is 0 Å². The van der Waals surface area contributed by atoms with Crippen LogP contribution in [0.4, 0.5) is 0 Å². The molecule has 88 valence electrons. The SMILES string of the molecule is COCCN1C(N)=NCC1c1sccc1Br. The highest BCUT2D eigenvalue weighted by molar-refractivity contribution is 9.10. The minimum Gasteiger partial charge on any atom is -0.383 e. The Morgan fingerprint density at radius 2 is 2.56 bits per heavy atom. The van der Waals surface area contributed by atoms with Gasteiger partial charge < -0.3 is 15.4 Å². The lowest BCUT2D eigenvalue weighted by Gasteiger charge is -2.25. The fourth-order valence-electron chi connectivity index (χ4n) is 1.76. The van der Waals surface area contributed by atoms with E-state index in [-0.39, 0.29) is 6.04 Å². The lowest BCUT2D eigenvalue weighted by molar-refractivity contribution is 0.167. The molecule has 4 nitrogen and oxygen atoms in total. The third-order valence-electron chi connectivity index (χ3n) is 2.58. The predicted molar refractivity (Wildman–Crippen MR) is 69.8 cm³/mol. The van der Waals surface area contributed by atoms with E-state index in [1.165, 1.54) is 4.88 Å². The van der Waals surface area contributed by atoms with Gasteiger partial charge in [0.25, 0.3) is 0 Å². The molecule has 1 aliphatic rings. The van der Waals surface area contributed by atoms with Crippen LogP contribution < -0.4 is 5.73 Å². The molecule has 0 saturated carbocycles. The number of ether oxygens (including phenoxy) is 1. The first-order valence-corrected chi connectivity index (χ1v) is 6.69. The summed E-state index contributed by atoms with van der Waals surface area (Å²) in [5.74, 6) is 0.613. The van der Waals surface area contributed by atoms with Crippen molar-refractivity contribution in [3.8, 4) is 0 Å². The summed E-state index contributed by atoms with van der Waals surface area (Å²) in [5.41, 5.74) is 5.88. The second kappa shape index (κ2) is 5.16. The lowest BCUT2D eigenvalue weighted by Crippen LogP contribution is -2.38. The van der Waals surface area contributed by atoms with Crippen LogP contribution in [0.2, 0.25) is 0 Å². The molecule has 1 aromatic rings. The number of hydrogen-bond acceptors (Lipinski definition) is 5. The van der Waals surface area contributed by atoms with Crippen LogP contribution in [0.25, 0.3) is 0 Å². The summed E-state index contributed by atoms with van der Waals surface area (Å²) in [6.45, 7) is 2.17. The van der Waals surface area contributed by atoms with Crippen molar-refractivity contribution in [2.45, 2.75) is 6.04 Å². The summed E-state index contributed by atoms with van der Waals surface area (Å²) in [5, 5.41) is 2.07. The van der Waals surface area contributed by atoms with Crippen LogP contribution in [0.15, 0.2) is 20.9 Å². The van der Waals surface area contributed by atoms with Gasteiger partial charge in [-0.3, -0.25) is 4.99 Å². The second-order valence-electron chi connectivity index (χ2n) is 3.53. The number of hydrogen-bond donors (Lipinski definition) is 1. The Morgan fingerprint density at radius 3 is 3.19 bits per heavy atom. The van der Waals surface area contributed by atoms with Gasteiger partial charge in [0.1, 0.15) is 0 Å². The molecule has 0 aromatic carbocycles. The molecule has 6 heteroatoms. The summed E-state index contributed by atoms with van der Waals surface area (Å²) in [4.78, 5) is 7.67. The van der Waals surface area contributed by atoms with Crippen molar-refractivity contribution in [1.82, 2.24) is 4.90 Å². The molecule has 0 bridgehead atoms. The molecule has 1 aliphatic heterocycles. The Hall–Kier alpha value is -0.590. The molecule has 2 rings (SSSR count). The van der Waals surface area contributed by atoms with E-state index in [0.29, 0.717) is 12.6 Å². The number of nitrogens with two attached hydrogens (primary N) is 1. The average molecular weight is 304 g/mol. The van der Waals surface area contributed by atoms with E-state index in [2.05, 4.69) is 37.3 Å². The minimum absolute atomic E-state index is 0.254. The minimum atomic E-state index is 0.254. The molecule has 16 heavy (non-hydrogen) atoms. The largest absolute Gasteiger partial charge is 0.383 e. The van der Waals surface area contributed by atoms with Gasteiger partial charge in [0.05, 0.1) is 19.2 Å². The standard InChI is InChI=1S/C10H14BrN3OS/c1-15-4-3-14-8(6-13-10(14)12)9-7(11)2-5-16-9/h2,5,8H,3-4,6H2,1H3,(H2,12,13). The van der Waals surface area contributed by atoms with Crippen molar-refractivity contribution >= 4 is 33.2 Å². The van der Waals surface area contributed by atoms with Crippen molar-refractivity contribution in [3.05, 3.63) is 20.8 Å². The summed E-state index contributed by atoms with van der Waals surface area (Å²) in [7, 11) is 1.69. The third kappa shape index (κ3) is 2.23. The molecule has 2 heterocycles. The second-order valence-corrected chi connectivity index (χ2v) is 5.34. The van der Waals surface area contributed by atoms with Gasteiger partial charge in [-0.05, 0) is 27.4 Å². The summed E-state index contributed by atoms with van der Waals surface area (Å²) in [6.07, 6.45) is 0. The van der Waals surface area contributed by atoms with Crippen molar-refractivity contribution in [2.24, 2.45) is 10.7 Å². The van der Waals surface area contributed by atoms with Gasteiger partial charge in [-0.1, -0.05) is 0 Å². The maximum atomic E-state index is 5.88. The maximum Gasteiger partial charge on any atom is 0.192 e. The van der Waals surface area contributed by atoms with Gasteiger partial charge in [-0.25, -0.2) is 0 Å². The zero-order valence-corrected chi connectivity index (χ0v) is 11.4. The molecule has 0 spiro atoms. The number of thiophene rings is 1. The number of halogens is 1.